The number of hydrogen-bond acceptors (Lipinski definition) is 2. The molecule has 0 aromatic heterocycles. The standard InChI is InChI=1S/C6H6O3S.Co/c7-10(8,9)6-4-2-1-3-5-6;/h1-5H,(H,7,8,9);. The molecular weight excluding hydrogens is 211 g/mol. The Morgan fingerprint density at radius 1 is 1.09 bits per heavy atom. The third-order valence-corrected chi connectivity index (χ3v) is 1.91. The smallest absolute Gasteiger partial charge is 0.282 e. The molecule has 63 valence electrons. The van der Waals surface area contributed by atoms with Crippen molar-refractivity contribution in [1.29, 1.82) is 0 Å². The number of benzene rings is 1. The Kier molecular flexibility index (Phi) is 3.74. The molecule has 0 aliphatic heterocycles. The van der Waals surface area contributed by atoms with Crippen LogP contribution in [0.15, 0.2) is 35.2 Å². The van der Waals surface area contributed by atoms with Gasteiger partial charge in [0.1, 0.15) is 0 Å². The van der Waals surface area contributed by atoms with Crippen LogP contribution in [0.4, 0.5) is 0 Å². The molecule has 1 aromatic carbocycles. The molecule has 0 spiro atoms. The van der Waals surface area contributed by atoms with Gasteiger partial charge in [-0.3, -0.25) is 4.55 Å². The molecule has 0 aliphatic carbocycles. The van der Waals surface area contributed by atoms with Gasteiger partial charge in [0.05, 0.1) is 4.90 Å². The minimum atomic E-state index is -4.00. The largest absolute Gasteiger partial charge is 0.294 e. The van der Waals surface area contributed by atoms with Gasteiger partial charge >= 0.3 is 0 Å². The van der Waals surface area contributed by atoms with Crippen molar-refractivity contribution in [3.63, 3.8) is 0 Å². The molecule has 0 heterocycles. The Balaban J connectivity index is 0.000001000. The molecule has 1 aromatic rings. The van der Waals surface area contributed by atoms with E-state index in [0.29, 0.717) is 0 Å². The molecule has 0 aliphatic rings. The minimum absolute atomic E-state index is 0. The molecule has 0 bridgehead atoms. The van der Waals surface area contributed by atoms with Crippen LogP contribution in [0.3, 0.4) is 0 Å². The molecule has 0 saturated heterocycles. The first-order chi connectivity index (χ1) is 4.61. The van der Waals surface area contributed by atoms with Gasteiger partial charge in [-0.25, -0.2) is 0 Å². The van der Waals surface area contributed by atoms with E-state index in [4.69, 9.17) is 4.55 Å². The maximum absolute atomic E-state index is 10.4. The molecule has 0 fully saturated rings. The van der Waals surface area contributed by atoms with Gasteiger partial charge in [-0.05, 0) is 12.1 Å². The molecule has 0 atom stereocenters. The quantitative estimate of drug-likeness (QED) is 0.712. The maximum Gasteiger partial charge on any atom is 0.294 e. The predicted molar refractivity (Wildman–Crippen MR) is 36.3 cm³/mol. The van der Waals surface area contributed by atoms with E-state index >= 15 is 0 Å². The maximum atomic E-state index is 10.4. The van der Waals surface area contributed by atoms with Crippen molar-refractivity contribution < 1.29 is 29.7 Å². The second kappa shape index (κ2) is 3.87. The van der Waals surface area contributed by atoms with Crippen LogP contribution in [0, 0.1) is 0 Å². The summed E-state index contributed by atoms with van der Waals surface area (Å²) in [7, 11) is -4.00. The van der Waals surface area contributed by atoms with Crippen LogP contribution >= 0.6 is 0 Å². The zero-order valence-corrected chi connectivity index (χ0v) is 7.25. The van der Waals surface area contributed by atoms with Crippen LogP contribution in [0.25, 0.3) is 0 Å². The Hall–Kier alpha value is -0.364. The fourth-order valence-electron chi connectivity index (χ4n) is 0.592. The molecule has 1 N–H and O–H groups in total. The normalized spacial score (nSPS) is 10.3. The van der Waals surface area contributed by atoms with E-state index in [-0.39, 0.29) is 21.7 Å². The summed E-state index contributed by atoms with van der Waals surface area (Å²) < 4.78 is 29.2. The SMILES string of the molecule is O=S(=O)(O)c1ccccc1.[Co]. The zero-order chi connectivity index (χ0) is 7.61. The third kappa shape index (κ3) is 3.02. The van der Waals surface area contributed by atoms with Crippen molar-refractivity contribution in [2.75, 3.05) is 0 Å². The third-order valence-electron chi connectivity index (χ3n) is 1.04. The van der Waals surface area contributed by atoms with Crippen LogP contribution in [-0.4, -0.2) is 13.0 Å². The zero-order valence-electron chi connectivity index (χ0n) is 5.39. The van der Waals surface area contributed by atoms with E-state index in [1.54, 1.807) is 18.2 Å². The van der Waals surface area contributed by atoms with E-state index in [1.165, 1.54) is 12.1 Å². The summed E-state index contributed by atoms with van der Waals surface area (Å²) in [4.78, 5) is -0.0741. The molecular formula is C6H6CoO3S. The topological polar surface area (TPSA) is 54.4 Å². The van der Waals surface area contributed by atoms with Crippen molar-refractivity contribution in [3.8, 4) is 0 Å². The Labute approximate surface area is 75.4 Å². The second-order valence-electron chi connectivity index (χ2n) is 1.79. The van der Waals surface area contributed by atoms with E-state index in [0.717, 1.165) is 0 Å². The van der Waals surface area contributed by atoms with E-state index in [9.17, 15) is 8.42 Å². The van der Waals surface area contributed by atoms with Crippen LogP contribution in [0.1, 0.15) is 0 Å². The molecule has 5 heteroatoms. The molecule has 11 heavy (non-hydrogen) atoms. The minimum Gasteiger partial charge on any atom is -0.282 e. The first-order valence-electron chi connectivity index (χ1n) is 2.63. The molecule has 1 rings (SSSR count). The van der Waals surface area contributed by atoms with Gasteiger partial charge in [-0.1, -0.05) is 18.2 Å². The van der Waals surface area contributed by atoms with Gasteiger partial charge in [0.25, 0.3) is 10.1 Å². The van der Waals surface area contributed by atoms with Crippen molar-refractivity contribution >= 4 is 10.1 Å². The van der Waals surface area contributed by atoms with E-state index in [1.807, 2.05) is 0 Å². The summed E-state index contributed by atoms with van der Waals surface area (Å²) in [6.45, 7) is 0. The van der Waals surface area contributed by atoms with Crippen LogP contribution in [-0.2, 0) is 26.9 Å². The summed E-state index contributed by atoms with van der Waals surface area (Å²) in [5.74, 6) is 0. The Morgan fingerprint density at radius 3 is 1.82 bits per heavy atom. The van der Waals surface area contributed by atoms with Crippen molar-refractivity contribution in [2.24, 2.45) is 0 Å². The first kappa shape index (κ1) is 10.6. The van der Waals surface area contributed by atoms with Crippen LogP contribution in [0.5, 0.6) is 0 Å². The van der Waals surface area contributed by atoms with Crippen LogP contribution < -0.4 is 0 Å². The monoisotopic (exact) mass is 217 g/mol. The number of rotatable bonds is 1. The Morgan fingerprint density at radius 2 is 1.55 bits per heavy atom. The molecule has 3 nitrogen and oxygen atoms in total. The summed E-state index contributed by atoms with van der Waals surface area (Å²) in [5.41, 5.74) is 0. The molecule has 0 saturated carbocycles. The van der Waals surface area contributed by atoms with E-state index in [2.05, 4.69) is 0 Å². The van der Waals surface area contributed by atoms with E-state index < -0.39 is 10.1 Å². The second-order valence-corrected chi connectivity index (χ2v) is 3.21. The molecule has 0 unspecified atom stereocenters. The fraction of sp³-hybridized carbons (Fsp3) is 0. The van der Waals surface area contributed by atoms with Crippen molar-refractivity contribution in [1.82, 2.24) is 0 Å². The average molecular weight is 217 g/mol. The van der Waals surface area contributed by atoms with Gasteiger partial charge in [0.15, 0.2) is 0 Å². The summed E-state index contributed by atoms with van der Waals surface area (Å²) in [5, 5.41) is 0. The molecule has 1 radical (unpaired) electrons. The average Bonchev–Trinajstić information content (AvgIpc) is 1.88. The van der Waals surface area contributed by atoms with Gasteiger partial charge < -0.3 is 0 Å². The van der Waals surface area contributed by atoms with Gasteiger partial charge in [0.2, 0.25) is 0 Å². The van der Waals surface area contributed by atoms with Crippen molar-refractivity contribution in [2.45, 2.75) is 4.90 Å². The van der Waals surface area contributed by atoms with Crippen LogP contribution in [0.2, 0.25) is 0 Å². The summed E-state index contributed by atoms with van der Waals surface area (Å²) >= 11 is 0. The summed E-state index contributed by atoms with van der Waals surface area (Å²) in [6.07, 6.45) is 0. The van der Waals surface area contributed by atoms with Gasteiger partial charge in [-0.2, -0.15) is 8.42 Å². The first-order valence-corrected chi connectivity index (χ1v) is 4.07. The van der Waals surface area contributed by atoms with Gasteiger partial charge in [0, 0.05) is 16.8 Å². The van der Waals surface area contributed by atoms with Gasteiger partial charge in [-0.15, -0.1) is 0 Å². The fourth-order valence-corrected chi connectivity index (χ4v) is 1.09. The van der Waals surface area contributed by atoms with Crippen molar-refractivity contribution in [3.05, 3.63) is 30.3 Å². The Bertz CT molecular complexity index is 306. The number of hydrogen-bond donors (Lipinski definition) is 1. The summed E-state index contributed by atoms with van der Waals surface area (Å²) in [6, 6.07) is 7.42. The molecule has 0 amide bonds. The predicted octanol–water partition coefficient (Wildman–Crippen LogP) is 0.931.